The van der Waals surface area contributed by atoms with Crippen LogP contribution in [0.5, 0.6) is 0 Å². The molecule has 1 nitrogen and oxygen atoms in total. The van der Waals surface area contributed by atoms with E-state index in [1.807, 2.05) is 6.92 Å². The highest BCUT2D eigenvalue weighted by molar-refractivity contribution is 5.86. The monoisotopic (exact) mass is 169 g/mol. The molecule has 0 amide bonds. The first-order chi connectivity index (χ1) is 5.81. The summed E-state index contributed by atoms with van der Waals surface area (Å²) in [5.41, 5.74) is 0. The zero-order chi connectivity index (χ0) is 9.23. The highest BCUT2D eigenvalue weighted by Gasteiger charge is 1.99. The molecule has 12 heavy (non-hydrogen) atoms. The minimum Gasteiger partial charge on any atom is -0.299 e. The number of unbranched alkanes of at least 4 members (excludes halogenated alkanes) is 4. The lowest BCUT2D eigenvalue weighted by molar-refractivity contribution is -0.116. The van der Waals surface area contributed by atoms with Gasteiger partial charge in [0.05, 0.1) is 0 Å². The summed E-state index contributed by atoms with van der Waals surface area (Å²) < 4.78 is 0. The average Bonchev–Trinajstić information content (AvgIpc) is 2.05. The maximum absolute atomic E-state index is 11.0. The van der Waals surface area contributed by atoms with Crippen molar-refractivity contribution in [3.63, 3.8) is 0 Å². The van der Waals surface area contributed by atoms with Gasteiger partial charge < -0.3 is 0 Å². The summed E-state index contributed by atoms with van der Waals surface area (Å²) in [5, 5.41) is 0. The molecule has 0 bridgehead atoms. The Morgan fingerprint density at radius 3 is 2.33 bits per heavy atom. The summed E-state index contributed by atoms with van der Waals surface area (Å²) in [5.74, 6) is 0.328. The van der Waals surface area contributed by atoms with Crippen LogP contribution in [0.1, 0.15) is 58.8 Å². The molecule has 0 aliphatic rings. The summed E-state index contributed by atoms with van der Waals surface area (Å²) in [6.07, 6.45) is 9.61. The largest absolute Gasteiger partial charge is 0.299 e. The molecule has 0 spiro atoms. The molecule has 1 radical (unpaired) electrons. The molecule has 0 aromatic heterocycles. The number of rotatable bonds is 8. The van der Waals surface area contributed by atoms with Crippen LogP contribution in [-0.4, -0.2) is 5.78 Å². The van der Waals surface area contributed by atoms with Gasteiger partial charge >= 0.3 is 0 Å². The summed E-state index contributed by atoms with van der Waals surface area (Å²) in [4.78, 5) is 11.0. The van der Waals surface area contributed by atoms with Crippen LogP contribution < -0.4 is 0 Å². The van der Waals surface area contributed by atoms with Gasteiger partial charge in [0.1, 0.15) is 5.78 Å². The molecule has 0 N–H and O–H groups in total. The van der Waals surface area contributed by atoms with Crippen molar-refractivity contribution in [2.75, 3.05) is 0 Å². The van der Waals surface area contributed by atoms with Crippen molar-refractivity contribution in [2.45, 2.75) is 58.8 Å². The van der Waals surface area contributed by atoms with Crippen molar-refractivity contribution >= 4 is 5.78 Å². The van der Waals surface area contributed by atoms with Crippen LogP contribution in [0.4, 0.5) is 0 Å². The number of ketones is 1. The van der Waals surface area contributed by atoms with E-state index in [2.05, 4.69) is 6.92 Å². The molecule has 0 unspecified atom stereocenters. The van der Waals surface area contributed by atoms with Crippen molar-refractivity contribution < 1.29 is 4.79 Å². The van der Waals surface area contributed by atoms with Crippen LogP contribution in [0.25, 0.3) is 0 Å². The minimum atomic E-state index is 0.328. The molecule has 0 aliphatic carbocycles. The number of carbonyl (C=O) groups excluding carboxylic acids is 1. The van der Waals surface area contributed by atoms with E-state index >= 15 is 0 Å². The standard InChI is InChI=1S/C11H21O/c1-3-5-6-7-8-10-11(12)9-4-2/h9H,3-8,10H2,1-2H3. The van der Waals surface area contributed by atoms with Gasteiger partial charge in [0.2, 0.25) is 0 Å². The first-order valence-corrected chi connectivity index (χ1v) is 5.17. The summed E-state index contributed by atoms with van der Waals surface area (Å²) in [6, 6.07) is 0. The summed E-state index contributed by atoms with van der Waals surface area (Å²) >= 11 is 0. The highest BCUT2D eigenvalue weighted by Crippen LogP contribution is 2.06. The van der Waals surface area contributed by atoms with Crippen LogP contribution in [0.15, 0.2) is 0 Å². The van der Waals surface area contributed by atoms with Crippen LogP contribution in [0, 0.1) is 6.42 Å². The van der Waals surface area contributed by atoms with E-state index < -0.39 is 0 Å². The van der Waals surface area contributed by atoms with E-state index in [0.29, 0.717) is 5.78 Å². The molecule has 0 rings (SSSR count). The van der Waals surface area contributed by atoms with E-state index in [9.17, 15) is 4.79 Å². The minimum absolute atomic E-state index is 0.328. The Bertz CT molecular complexity index is 108. The van der Waals surface area contributed by atoms with Gasteiger partial charge in [-0.15, -0.1) is 0 Å². The van der Waals surface area contributed by atoms with Crippen LogP contribution >= 0.6 is 0 Å². The van der Waals surface area contributed by atoms with Gasteiger partial charge in [-0.05, 0) is 12.8 Å². The lowest BCUT2D eigenvalue weighted by Crippen LogP contribution is -1.96. The normalized spacial score (nSPS) is 10.2. The molecular formula is C11H21O. The number of Topliss-reactive ketones (excluding diaryl/α,β-unsaturated/α-hetero) is 1. The molecule has 0 atom stereocenters. The van der Waals surface area contributed by atoms with E-state index in [0.717, 1.165) is 19.3 Å². The van der Waals surface area contributed by atoms with Gasteiger partial charge in [0.25, 0.3) is 0 Å². The SMILES string of the molecule is CC[CH]C(=O)CCCCCCC. The number of hydrogen-bond acceptors (Lipinski definition) is 1. The summed E-state index contributed by atoms with van der Waals surface area (Å²) in [7, 11) is 0. The predicted molar refractivity (Wildman–Crippen MR) is 53.0 cm³/mol. The predicted octanol–water partition coefficient (Wildman–Crippen LogP) is 3.53. The molecule has 0 fully saturated rings. The van der Waals surface area contributed by atoms with Gasteiger partial charge in [-0.2, -0.15) is 0 Å². The molecule has 0 aromatic rings. The van der Waals surface area contributed by atoms with Crippen molar-refractivity contribution in [3.8, 4) is 0 Å². The van der Waals surface area contributed by atoms with Crippen molar-refractivity contribution in [3.05, 3.63) is 6.42 Å². The molecule has 0 aliphatic heterocycles. The zero-order valence-corrected chi connectivity index (χ0v) is 8.44. The Morgan fingerprint density at radius 1 is 1.08 bits per heavy atom. The molecule has 71 valence electrons. The van der Waals surface area contributed by atoms with Crippen molar-refractivity contribution in [2.24, 2.45) is 0 Å². The lowest BCUT2D eigenvalue weighted by Gasteiger charge is -1.98. The van der Waals surface area contributed by atoms with E-state index in [1.54, 1.807) is 6.42 Å². The van der Waals surface area contributed by atoms with Gasteiger partial charge in [-0.3, -0.25) is 4.79 Å². The van der Waals surface area contributed by atoms with E-state index in [4.69, 9.17) is 0 Å². The molecule has 0 saturated carbocycles. The molecule has 0 saturated heterocycles. The highest BCUT2D eigenvalue weighted by atomic mass is 16.1. The van der Waals surface area contributed by atoms with Gasteiger partial charge in [-0.25, -0.2) is 0 Å². The Kier molecular flexibility index (Phi) is 8.52. The lowest BCUT2D eigenvalue weighted by atomic mass is 10.1. The fourth-order valence-electron chi connectivity index (χ4n) is 1.23. The Labute approximate surface area is 76.6 Å². The fraction of sp³-hybridized carbons (Fsp3) is 0.818. The summed E-state index contributed by atoms with van der Waals surface area (Å²) in [6.45, 7) is 4.21. The Morgan fingerprint density at radius 2 is 1.75 bits per heavy atom. The fourth-order valence-corrected chi connectivity index (χ4v) is 1.23. The van der Waals surface area contributed by atoms with E-state index in [1.165, 1.54) is 25.7 Å². The van der Waals surface area contributed by atoms with Crippen molar-refractivity contribution in [1.82, 2.24) is 0 Å². The molecule has 1 heteroatoms. The molecular weight excluding hydrogens is 148 g/mol. The number of carbonyl (C=O) groups is 1. The maximum Gasteiger partial charge on any atom is 0.136 e. The second-order valence-electron chi connectivity index (χ2n) is 3.24. The van der Waals surface area contributed by atoms with Crippen LogP contribution in [-0.2, 0) is 4.79 Å². The quantitative estimate of drug-likeness (QED) is 0.508. The zero-order valence-electron chi connectivity index (χ0n) is 8.44. The smallest absolute Gasteiger partial charge is 0.136 e. The third kappa shape index (κ3) is 7.77. The third-order valence-corrected chi connectivity index (χ3v) is 1.96. The van der Waals surface area contributed by atoms with Crippen LogP contribution in [0.3, 0.4) is 0 Å². The molecule has 0 aromatic carbocycles. The van der Waals surface area contributed by atoms with E-state index in [-0.39, 0.29) is 0 Å². The van der Waals surface area contributed by atoms with Gasteiger partial charge in [-0.1, -0.05) is 39.5 Å². The Balaban J connectivity index is 3.03. The maximum atomic E-state index is 11.0. The van der Waals surface area contributed by atoms with Crippen LogP contribution in [0.2, 0.25) is 0 Å². The second kappa shape index (κ2) is 8.76. The Hall–Kier alpha value is -0.330. The average molecular weight is 169 g/mol. The topological polar surface area (TPSA) is 17.1 Å². The third-order valence-electron chi connectivity index (χ3n) is 1.96. The molecule has 0 heterocycles. The second-order valence-corrected chi connectivity index (χ2v) is 3.24. The van der Waals surface area contributed by atoms with Gasteiger partial charge in [0.15, 0.2) is 0 Å². The first-order valence-electron chi connectivity index (χ1n) is 5.17. The number of hydrogen-bond donors (Lipinski definition) is 0. The van der Waals surface area contributed by atoms with Crippen molar-refractivity contribution in [1.29, 1.82) is 0 Å². The van der Waals surface area contributed by atoms with Gasteiger partial charge in [0, 0.05) is 12.8 Å². The first kappa shape index (κ1) is 11.7.